The number of benzene rings is 2. The molecule has 1 aliphatic rings. The highest BCUT2D eigenvalue weighted by Gasteiger charge is 2.27. The smallest absolute Gasteiger partial charge is 0.276 e. The SMILES string of the molecule is O=C(c1c[nH]c2ccccc12)N1CCc2c(nc3cc(-c4ccccc4Cl)[nH]n3c2=O)C1. The van der Waals surface area contributed by atoms with Gasteiger partial charge in [-0.1, -0.05) is 48.0 Å². The van der Waals surface area contributed by atoms with Crippen LogP contribution in [0, 0.1) is 0 Å². The van der Waals surface area contributed by atoms with Crippen molar-refractivity contribution in [3.8, 4) is 11.3 Å². The van der Waals surface area contributed by atoms with Crippen molar-refractivity contribution < 1.29 is 4.79 Å². The van der Waals surface area contributed by atoms with E-state index in [4.69, 9.17) is 16.6 Å². The molecule has 0 bridgehead atoms. The molecule has 0 atom stereocenters. The molecular weight excluding hydrogens is 426 g/mol. The lowest BCUT2D eigenvalue weighted by molar-refractivity contribution is 0.0733. The topological polar surface area (TPSA) is 86.3 Å². The molecule has 1 amide bonds. The minimum absolute atomic E-state index is 0.0686. The van der Waals surface area contributed by atoms with Crippen molar-refractivity contribution in [1.82, 2.24) is 24.5 Å². The molecule has 0 fully saturated rings. The van der Waals surface area contributed by atoms with E-state index in [1.807, 2.05) is 48.5 Å². The summed E-state index contributed by atoms with van der Waals surface area (Å²) in [7, 11) is 0. The van der Waals surface area contributed by atoms with E-state index in [1.54, 1.807) is 17.2 Å². The van der Waals surface area contributed by atoms with Gasteiger partial charge in [-0.25, -0.2) is 9.50 Å². The van der Waals surface area contributed by atoms with Gasteiger partial charge in [0.05, 0.1) is 23.5 Å². The predicted molar refractivity (Wildman–Crippen MR) is 123 cm³/mol. The number of amides is 1. The average molecular weight is 444 g/mol. The first-order valence-corrected chi connectivity index (χ1v) is 10.7. The molecule has 158 valence electrons. The highest BCUT2D eigenvalue weighted by Crippen LogP contribution is 2.27. The molecule has 32 heavy (non-hydrogen) atoms. The number of aromatic amines is 2. The Morgan fingerprint density at radius 2 is 1.91 bits per heavy atom. The molecule has 2 N–H and O–H groups in total. The van der Waals surface area contributed by atoms with Crippen LogP contribution in [-0.4, -0.2) is 36.9 Å². The molecular formula is C24H18ClN5O2. The summed E-state index contributed by atoms with van der Waals surface area (Å²) in [5, 5.41) is 4.60. The van der Waals surface area contributed by atoms with Crippen molar-refractivity contribution in [2.45, 2.75) is 13.0 Å². The Bertz CT molecular complexity index is 1580. The molecule has 8 heteroatoms. The first-order chi connectivity index (χ1) is 15.6. The van der Waals surface area contributed by atoms with Gasteiger partial charge >= 0.3 is 0 Å². The molecule has 0 saturated carbocycles. The van der Waals surface area contributed by atoms with Crippen LogP contribution in [0.3, 0.4) is 0 Å². The zero-order valence-electron chi connectivity index (χ0n) is 16.9. The summed E-state index contributed by atoms with van der Waals surface area (Å²) in [6.45, 7) is 0.762. The lowest BCUT2D eigenvalue weighted by Gasteiger charge is -2.27. The lowest BCUT2D eigenvalue weighted by Crippen LogP contribution is -2.39. The Labute approximate surface area is 187 Å². The molecule has 1 aliphatic heterocycles. The van der Waals surface area contributed by atoms with Gasteiger partial charge in [-0.05, 0) is 18.6 Å². The first kappa shape index (κ1) is 18.9. The quantitative estimate of drug-likeness (QED) is 0.432. The minimum atomic E-state index is -0.137. The number of hydrogen-bond acceptors (Lipinski definition) is 3. The zero-order chi connectivity index (χ0) is 21.8. The zero-order valence-corrected chi connectivity index (χ0v) is 17.7. The third-order valence-corrected chi connectivity index (χ3v) is 6.37. The van der Waals surface area contributed by atoms with E-state index in [1.165, 1.54) is 4.52 Å². The van der Waals surface area contributed by atoms with Crippen molar-refractivity contribution in [3.05, 3.63) is 93.0 Å². The van der Waals surface area contributed by atoms with Crippen LogP contribution in [0.1, 0.15) is 21.6 Å². The van der Waals surface area contributed by atoms with Crippen molar-refractivity contribution >= 4 is 34.1 Å². The number of H-pyrrole nitrogens is 2. The molecule has 0 radical (unpaired) electrons. The van der Waals surface area contributed by atoms with Crippen LogP contribution in [0.5, 0.6) is 0 Å². The van der Waals surface area contributed by atoms with Crippen LogP contribution in [0.4, 0.5) is 0 Å². The number of nitrogens with zero attached hydrogens (tertiary/aromatic N) is 3. The monoisotopic (exact) mass is 443 g/mol. The van der Waals surface area contributed by atoms with Gasteiger partial charge in [-0.3, -0.25) is 14.7 Å². The molecule has 5 aromatic rings. The maximum Gasteiger partial charge on any atom is 0.276 e. The second-order valence-electron chi connectivity index (χ2n) is 7.91. The van der Waals surface area contributed by atoms with E-state index in [9.17, 15) is 9.59 Å². The third-order valence-electron chi connectivity index (χ3n) is 6.04. The second kappa shape index (κ2) is 7.10. The summed E-state index contributed by atoms with van der Waals surface area (Å²) in [5.41, 5.74) is 4.71. The van der Waals surface area contributed by atoms with E-state index in [-0.39, 0.29) is 11.5 Å². The van der Waals surface area contributed by atoms with Gasteiger partial charge in [0.2, 0.25) is 0 Å². The molecule has 4 heterocycles. The molecule has 0 saturated heterocycles. The Kier molecular flexibility index (Phi) is 4.19. The van der Waals surface area contributed by atoms with Crippen LogP contribution in [-0.2, 0) is 13.0 Å². The van der Waals surface area contributed by atoms with Crippen LogP contribution in [0.15, 0.2) is 65.6 Å². The predicted octanol–water partition coefficient (Wildman–Crippen LogP) is 4.02. The van der Waals surface area contributed by atoms with Crippen molar-refractivity contribution in [1.29, 1.82) is 0 Å². The Morgan fingerprint density at radius 1 is 1.09 bits per heavy atom. The van der Waals surface area contributed by atoms with Gasteiger partial charge in [0, 0.05) is 45.9 Å². The molecule has 6 rings (SSSR count). The number of para-hydroxylation sites is 1. The number of fused-ring (bicyclic) bond motifs is 3. The highest BCUT2D eigenvalue weighted by atomic mass is 35.5. The van der Waals surface area contributed by atoms with E-state index in [2.05, 4.69) is 10.1 Å². The van der Waals surface area contributed by atoms with Gasteiger partial charge < -0.3 is 9.88 Å². The van der Waals surface area contributed by atoms with Gasteiger partial charge in [-0.15, -0.1) is 0 Å². The summed E-state index contributed by atoms with van der Waals surface area (Å²) < 4.78 is 1.45. The number of halogens is 1. The van der Waals surface area contributed by atoms with Crippen LogP contribution in [0.2, 0.25) is 5.02 Å². The summed E-state index contributed by atoms with van der Waals surface area (Å²) in [6, 6.07) is 17.0. The average Bonchev–Trinajstić information content (AvgIpc) is 3.43. The standard InChI is InChI=1S/C24H18ClN5O2/c25-18-7-3-1-6-15(18)20-11-22-27-21-13-29(10-9-16(21)24(32)30(22)28-20)23(31)17-12-26-19-8-4-2-5-14(17)19/h1-8,11-12,26,28H,9-10,13H2. The fraction of sp³-hybridized carbons (Fsp3) is 0.125. The number of carbonyl (C=O) groups is 1. The molecule has 0 spiro atoms. The van der Waals surface area contributed by atoms with Crippen LogP contribution >= 0.6 is 11.6 Å². The van der Waals surface area contributed by atoms with Crippen LogP contribution < -0.4 is 5.56 Å². The molecule has 7 nitrogen and oxygen atoms in total. The number of nitrogens with one attached hydrogen (secondary N) is 2. The number of hydrogen-bond donors (Lipinski definition) is 2. The van der Waals surface area contributed by atoms with E-state index in [0.29, 0.717) is 52.7 Å². The summed E-state index contributed by atoms with van der Waals surface area (Å²) in [6.07, 6.45) is 2.20. The first-order valence-electron chi connectivity index (χ1n) is 10.3. The largest absolute Gasteiger partial charge is 0.360 e. The highest BCUT2D eigenvalue weighted by molar-refractivity contribution is 6.33. The van der Waals surface area contributed by atoms with E-state index < -0.39 is 0 Å². The second-order valence-corrected chi connectivity index (χ2v) is 8.32. The molecule has 0 aliphatic carbocycles. The molecule has 0 unspecified atom stereocenters. The Hall–Kier alpha value is -3.84. The van der Waals surface area contributed by atoms with Gasteiger partial charge in [0.25, 0.3) is 11.5 Å². The normalized spacial score (nSPS) is 13.6. The number of carbonyl (C=O) groups excluding carboxylic acids is 1. The van der Waals surface area contributed by atoms with Crippen molar-refractivity contribution in [2.24, 2.45) is 0 Å². The number of aromatic nitrogens is 4. The number of rotatable bonds is 2. The van der Waals surface area contributed by atoms with E-state index in [0.717, 1.165) is 16.5 Å². The fourth-order valence-electron chi connectivity index (χ4n) is 4.40. The Morgan fingerprint density at radius 3 is 2.78 bits per heavy atom. The van der Waals surface area contributed by atoms with Gasteiger partial charge in [-0.2, -0.15) is 0 Å². The Balaban J connectivity index is 1.38. The minimum Gasteiger partial charge on any atom is -0.360 e. The maximum absolute atomic E-state index is 13.2. The fourth-order valence-corrected chi connectivity index (χ4v) is 4.64. The lowest BCUT2D eigenvalue weighted by atomic mass is 10.0. The van der Waals surface area contributed by atoms with Crippen LogP contribution in [0.25, 0.3) is 27.8 Å². The molecule has 2 aromatic carbocycles. The van der Waals surface area contributed by atoms with Crippen molar-refractivity contribution in [2.75, 3.05) is 6.54 Å². The third kappa shape index (κ3) is 2.85. The maximum atomic E-state index is 13.2. The summed E-state index contributed by atoms with van der Waals surface area (Å²) in [4.78, 5) is 36.0. The summed E-state index contributed by atoms with van der Waals surface area (Å²) >= 11 is 6.32. The summed E-state index contributed by atoms with van der Waals surface area (Å²) in [5.74, 6) is -0.0686. The van der Waals surface area contributed by atoms with E-state index >= 15 is 0 Å². The molecule has 3 aromatic heterocycles. The van der Waals surface area contributed by atoms with Crippen molar-refractivity contribution in [3.63, 3.8) is 0 Å². The van der Waals surface area contributed by atoms with Gasteiger partial charge in [0.15, 0.2) is 5.65 Å². The van der Waals surface area contributed by atoms with Gasteiger partial charge in [0.1, 0.15) is 0 Å².